The van der Waals surface area contributed by atoms with E-state index in [4.69, 9.17) is 5.26 Å². The molecule has 2 heterocycles. The second kappa shape index (κ2) is 6.52. The minimum absolute atomic E-state index is 0.152. The lowest BCUT2D eigenvalue weighted by molar-refractivity contribution is 0.208. The van der Waals surface area contributed by atoms with Gasteiger partial charge in [0.2, 0.25) is 0 Å². The molecule has 2 aromatic heterocycles. The van der Waals surface area contributed by atoms with Crippen LogP contribution in [0.1, 0.15) is 13.3 Å². The summed E-state index contributed by atoms with van der Waals surface area (Å²) < 4.78 is 1.58. The lowest BCUT2D eigenvalue weighted by Crippen LogP contribution is -2.37. The molecule has 7 nitrogen and oxygen atoms in total. The summed E-state index contributed by atoms with van der Waals surface area (Å²) in [7, 11) is 1.65. The van der Waals surface area contributed by atoms with Crippen molar-refractivity contribution >= 4 is 11.7 Å². The van der Waals surface area contributed by atoms with Gasteiger partial charge < -0.3 is 10.2 Å². The lowest BCUT2D eigenvalue weighted by Gasteiger charge is -2.22. The molecular formula is C14H16N6O. The Morgan fingerprint density at radius 3 is 3.05 bits per heavy atom. The molecule has 2 amide bonds. The van der Waals surface area contributed by atoms with Crippen molar-refractivity contribution in [1.82, 2.24) is 19.7 Å². The second-order valence-corrected chi connectivity index (χ2v) is 4.61. The van der Waals surface area contributed by atoms with Crippen molar-refractivity contribution in [2.24, 2.45) is 0 Å². The van der Waals surface area contributed by atoms with Gasteiger partial charge in [0.1, 0.15) is 0 Å². The average Bonchev–Trinajstić information content (AvgIpc) is 2.96. The predicted octanol–water partition coefficient (Wildman–Crippen LogP) is 2.03. The van der Waals surface area contributed by atoms with Crippen molar-refractivity contribution in [2.75, 3.05) is 12.4 Å². The summed E-state index contributed by atoms with van der Waals surface area (Å²) in [5, 5.41) is 15.5. The molecule has 0 spiro atoms. The fourth-order valence-corrected chi connectivity index (χ4v) is 1.68. The lowest BCUT2D eigenvalue weighted by atomic mass is 10.2. The molecule has 2 rings (SSSR count). The van der Waals surface area contributed by atoms with Crippen LogP contribution in [0.15, 0.2) is 36.8 Å². The molecule has 0 bridgehead atoms. The smallest absolute Gasteiger partial charge is 0.321 e. The molecule has 0 saturated carbocycles. The van der Waals surface area contributed by atoms with E-state index in [9.17, 15) is 4.79 Å². The summed E-state index contributed by atoms with van der Waals surface area (Å²) in [5.41, 5.74) is 0.571. The molecule has 0 saturated heterocycles. The van der Waals surface area contributed by atoms with Gasteiger partial charge in [-0.2, -0.15) is 10.4 Å². The van der Waals surface area contributed by atoms with Crippen molar-refractivity contribution in [3.63, 3.8) is 0 Å². The fourth-order valence-electron chi connectivity index (χ4n) is 1.68. The zero-order valence-electron chi connectivity index (χ0n) is 11.9. The van der Waals surface area contributed by atoms with Gasteiger partial charge in [0, 0.05) is 19.3 Å². The minimum atomic E-state index is -0.279. The van der Waals surface area contributed by atoms with Crippen LogP contribution in [0.3, 0.4) is 0 Å². The molecule has 2 aromatic rings. The second-order valence-electron chi connectivity index (χ2n) is 4.61. The Bertz CT molecular complexity index is 645. The van der Waals surface area contributed by atoms with Crippen molar-refractivity contribution in [3.8, 4) is 11.9 Å². The van der Waals surface area contributed by atoms with Crippen LogP contribution in [0.5, 0.6) is 0 Å². The molecule has 0 aliphatic rings. The van der Waals surface area contributed by atoms with Crippen LogP contribution < -0.4 is 5.32 Å². The maximum Gasteiger partial charge on any atom is 0.321 e. The molecule has 0 radical (unpaired) electrons. The molecule has 0 aliphatic heterocycles. The maximum atomic E-state index is 12.0. The molecule has 0 fully saturated rings. The number of rotatable bonds is 4. The van der Waals surface area contributed by atoms with Gasteiger partial charge in [-0.15, -0.1) is 0 Å². The van der Waals surface area contributed by atoms with E-state index >= 15 is 0 Å². The summed E-state index contributed by atoms with van der Waals surface area (Å²) in [5.74, 6) is 0.671. The van der Waals surface area contributed by atoms with Gasteiger partial charge in [-0.25, -0.2) is 14.5 Å². The van der Waals surface area contributed by atoms with E-state index in [1.165, 1.54) is 4.90 Å². The highest BCUT2D eigenvalue weighted by Crippen LogP contribution is 2.11. The molecule has 108 valence electrons. The number of aromatic nitrogens is 3. The number of hydrogen-bond donors (Lipinski definition) is 1. The summed E-state index contributed by atoms with van der Waals surface area (Å²) >= 11 is 0. The first-order valence-corrected chi connectivity index (χ1v) is 6.48. The molecule has 1 atom stereocenters. The van der Waals surface area contributed by atoms with Gasteiger partial charge in [-0.05, 0) is 19.1 Å². The maximum absolute atomic E-state index is 12.0. The number of hydrogen-bond acceptors (Lipinski definition) is 4. The minimum Gasteiger partial charge on any atom is -0.324 e. The Hall–Kier alpha value is -2.88. The topological polar surface area (TPSA) is 86.8 Å². The van der Waals surface area contributed by atoms with Crippen LogP contribution in [0.25, 0.3) is 5.82 Å². The van der Waals surface area contributed by atoms with E-state index in [0.29, 0.717) is 11.5 Å². The number of nitrogens with zero attached hydrogens (tertiary/aromatic N) is 5. The Balaban J connectivity index is 2.03. The number of nitriles is 1. The van der Waals surface area contributed by atoms with E-state index in [-0.39, 0.29) is 18.5 Å². The van der Waals surface area contributed by atoms with Gasteiger partial charge >= 0.3 is 6.03 Å². The predicted molar refractivity (Wildman–Crippen MR) is 77.8 cm³/mol. The number of urea groups is 1. The number of carbonyl (C=O) groups is 1. The SMILES string of the molecule is C[C@H](CC#N)N(C)C(=O)Nc1cnn(-c2ccccn2)c1. The van der Waals surface area contributed by atoms with E-state index in [1.807, 2.05) is 31.2 Å². The number of pyridine rings is 1. The summed E-state index contributed by atoms with van der Waals surface area (Å²) in [4.78, 5) is 17.7. The Kier molecular flexibility index (Phi) is 4.51. The molecular weight excluding hydrogens is 268 g/mol. The standard InChI is InChI=1S/C14H16N6O/c1-11(6-7-15)19(2)14(21)18-12-9-17-20(10-12)13-5-3-4-8-16-13/h3-5,8-11H,6H2,1-2H3,(H,18,21)/t11-/m1/s1. The van der Waals surface area contributed by atoms with Crippen molar-refractivity contribution < 1.29 is 4.79 Å². The highest BCUT2D eigenvalue weighted by atomic mass is 16.2. The van der Waals surface area contributed by atoms with Crippen LogP contribution >= 0.6 is 0 Å². The van der Waals surface area contributed by atoms with Gasteiger partial charge in [-0.3, -0.25) is 0 Å². The molecule has 0 aromatic carbocycles. The zero-order valence-corrected chi connectivity index (χ0v) is 11.9. The van der Waals surface area contributed by atoms with Crippen LogP contribution in [-0.4, -0.2) is 38.8 Å². The van der Waals surface area contributed by atoms with Crippen LogP contribution in [0, 0.1) is 11.3 Å². The van der Waals surface area contributed by atoms with Crippen LogP contribution in [-0.2, 0) is 0 Å². The fraction of sp³-hybridized carbons (Fsp3) is 0.286. The summed E-state index contributed by atoms with van der Waals surface area (Å²) in [6, 6.07) is 7.12. The third kappa shape index (κ3) is 3.57. The van der Waals surface area contributed by atoms with E-state index in [2.05, 4.69) is 15.4 Å². The normalized spacial score (nSPS) is 11.5. The molecule has 21 heavy (non-hydrogen) atoms. The first kappa shape index (κ1) is 14.5. The van der Waals surface area contributed by atoms with Gasteiger partial charge in [0.15, 0.2) is 5.82 Å². The van der Waals surface area contributed by atoms with E-state index in [1.54, 1.807) is 30.3 Å². The third-order valence-corrected chi connectivity index (χ3v) is 3.09. The average molecular weight is 284 g/mol. The van der Waals surface area contributed by atoms with Crippen molar-refractivity contribution in [3.05, 3.63) is 36.8 Å². The third-order valence-electron chi connectivity index (χ3n) is 3.09. The van der Waals surface area contributed by atoms with Gasteiger partial charge in [-0.1, -0.05) is 6.07 Å². The number of amides is 2. The quantitative estimate of drug-likeness (QED) is 0.930. The zero-order chi connectivity index (χ0) is 15.2. The number of nitrogens with one attached hydrogen (secondary N) is 1. The highest BCUT2D eigenvalue weighted by molar-refractivity contribution is 5.89. The highest BCUT2D eigenvalue weighted by Gasteiger charge is 2.16. The molecule has 7 heteroatoms. The monoisotopic (exact) mass is 284 g/mol. The van der Waals surface area contributed by atoms with Gasteiger partial charge in [0.25, 0.3) is 0 Å². The summed E-state index contributed by atoms with van der Waals surface area (Å²) in [6.45, 7) is 1.82. The Morgan fingerprint density at radius 1 is 1.57 bits per heavy atom. The molecule has 0 aliphatic carbocycles. The first-order valence-electron chi connectivity index (χ1n) is 6.48. The van der Waals surface area contributed by atoms with Gasteiger partial charge in [0.05, 0.1) is 30.6 Å². The Labute approximate surface area is 122 Å². The number of carbonyl (C=O) groups excluding carboxylic acids is 1. The largest absolute Gasteiger partial charge is 0.324 e. The molecule has 1 N–H and O–H groups in total. The Morgan fingerprint density at radius 2 is 2.38 bits per heavy atom. The first-order chi connectivity index (χ1) is 10.1. The van der Waals surface area contributed by atoms with E-state index < -0.39 is 0 Å². The van der Waals surface area contributed by atoms with Crippen LogP contribution in [0.2, 0.25) is 0 Å². The van der Waals surface area contributed by atoms with Crippen molar-refractivity contribution in [2.45, 2.75) is 19.4 Å². The summed E-state index contributed by atoms with van der Waals surface area (Å²) in [6.07, 6.45) is 5.20. The van der Waals surface area contributed by atoms with Crippen LogP contribution in [0.4, 0.5) is 10.5 Å². The molecule has 0 unspecified atom stereocenters. The van der Waals surface area contributed by atoms with E-state index in [0.717, 1.165) is 0 Å². The number of anilines is 1. The van der Waals surface area contributed by atoms with Crippen molar-refractivity contribution in [1.29, 1.82) is 5.26 Å².